The Labute approximate surface area is 124 Å². The molecule has 0 fully saturated rings. The lowest BCUT2D eigenvalue weighted by atomic mass is 10.1. The first-order valence-corrected chi connectivity index (χ1v) is 6.89. The van der Waals surface area contributed by atoms with Crippen LogP contribution in [0.4, 0.5) is 4.39 Å². The van der Waals surface area contributed by atoms with Gasteiger partial charge in [-0.05, 0) is 24.1 Å². The van der Waals surface area contributed by atoms with E-state index < -0.39 is 0 Å². The number of aliphatic hydroxyl groups excluding tert-OH is 1. The van der Waals surface area contributed by atoms with Crippen LogP contribution in [0.25, 0.3) is 0 Å². The first kappa shape index (κ1) is 15.5. The zero-order valence-electron chi connectivity index (χ0n) is 12.3. The van der Waals surface area contributed by atoms with E-state index >= 15 is 0 Å². The fourth-order valence-corrected chi connectivity index (χ4v) is 2.13. The Bertz CT molecular complexity index is 584. The van der Waals surface area contributed by atoms with Gasteiger partial charge in [0.05, 0.1) is 13.7 Å². The van der Waals surface area contributed by atoms with Crippen LogP contribution >= 0.6 is 0 Å². The van der Waals surface area contributed by atoms with Crippen molar-refractivity contribution in [2.75, 3.05) is 7.11 Å². The molecule has 0 spiro atoms. The predicted molar refractivity (Wildman–Crippen MR) is 80.6 cm³/mol. The van der Waals surface area contributed by atoms with Gasteiger partial charge in [0.1, 0.15) is 11.6 Å². The van der Waals surface area contributed by atoms with Crippen LogP contribution < -0.4 is 10.1 Å². The fraction of sp³-hybridized carbons (Fsp3) is 0.294. The number of aliphatic hydroxyl groups is 1. The standard InChI is InChI=1S/C17H20FNO2/c1-12(16-8-7-15(21-2)9-17(16)18)19-10-13-3-5-14(11-20)6-4-13/h3-9,12,19-20H,10-11H2,1-2H3. The molecular formula is C17H20FNO2. The SMILES string of the molecule is COc1ccc(C(C)NCc2ccc(CO)cc2)c(F)c1. The Balaban J connectivity index is 1.99. The maximum absolute atomic E-state index is 14.0. The summed E-state index contributed by atoms with van der Waals surface area (Å²) in [6.07, 6.45) is 0. The van der Waals surface area contributed by atoms with Gasteiger partial charge in [-0.15, -0.1) is 0 Å². The zero-order valence-corrected chi connectivity index (χ0v) is 12.3. The highest BCUT2D eigenvalue weighted by Crippen LogP contribution is 2.22. The smallest absolute Gasteiger partial charge is 0.131 e. The molecule has 0 saturated carbocycles. The minimum Gasteiger partial charge on any atom is -0.497 e. The van der Waals surface area contributed by atoms with Gasteiger partial charge in [-0.1, -0.05) is 30.3 Å². The van der Waals surface area contributed by atoms with Crippen molar-refractivity contribution in [3.8, 4) is 5.75 Å². The minimum absolute atomic E-state index is 0.0428. The molecule has 0 saturated heterocycles. The molecular weight excluding hydrogens is 269 g/mol. The van der Waals surface area contributed by atoms with Crippen molar-refractivity contribution in [2.24, 2.45) is 0 Å². The number of nitrogens with one attached hydrogen (secondary N) is 1. The summed E-state index contributed by atoms with van der Waals surface area (Å²) in [6, 6.07) is 12.5. The van der Waals surface area contributed by atoms with Crippen molar-refractivity contribution in [1.29, 1.82) is 0 Å². The molecule has 1 unspecified atom stereocenters. The number of hydrogen-bond acceptors (Lipinski definition) is 3. The highest BCUT2D eigenvalue weighted by molar-refractivity contribution is 5.30. The second-order valence-electron chi connectivity index (χ2n) is 4.96. The van der Waals surface area contributed by atoms with Crippen molar-refractivity contribution in [3.05, 3.63) is 65.0 Å². The lowest BCUT2D eigenvalue weighted by molar-refractivity contribution is 0.282. The van der Waals surface area contributed by atoms with Gasteiger partial charge in [0, 0.05) is 24.2 Å². The van der Waals surface area contributed by atoms with E-state index in [9.17, 15) is 4.39 Å². The quantitative estimate of drug-likeness (QED) is 0.858. The molecule has 112 valence electrons. The van der Waals surface area contributed by atoms with Crippen LogP contribution in [0.5, 0.6) is 5.75 Å². The molecule has 0 heterocycles. The fourth-order valence-electron chi connectivity index (χ4n) is 2.13. The van der Waals surface area contributed by atoms with Crippen molar-refractivity contribution >= 4 is 0 Å². The third-order valence-corrected chi connectivity index (χ3v) is 3.49. The molecule has 2 aromatic carbocycles. The molecule has 2 N–H and O–H groups in total. The van der Waals surface area contributed by atoms with Gasteiger partial charge in [0.2, 0.25) is 0 Å². The highest BCUT2D eigenvalue weighted by atomic mass is 19.1. The summed E-state index contributed by atoms with van der Waals surface area (Å²) in [4.78, 5) is 0. The summed E-state index contributed by atoms with van der Waals surface area (Å²) in [5.74, 6) is 0.244. The van der Waals surface area contributed by atoms with Gasteiger partial charge in [0.15, 0.2) is 0 Å². The number of benzene rings is 2. The van der Waals surface area contributed by atoms with Gasteiger partial charge in [-0.2, -0.15) is 0 Å². The van der Waals surface area contributed by atoms with Crippen LogP contribution in [-0.4, -0.2) is 12.2 Å². The van der Waals surface area contributed by atoms with E-state index in [1.165, 1.54) is 13.2 Å². The van der Waals surface area contributed by atoms with Crippen LogP contribution in [0.3, 0.4) is 0 Å². The monoisotopic (exact) mass is 289 g/mol. The van der Waals surface area contributed by atoms with E-state index in [1.807, 2.05) is 31.2 Å². The van der Waals surface area contributed by atoms with E-state index in [1.54, 1.807) is 12.1 Å². The maximum atomic E-state index is 14.0. The Kier molecular flexibility index (Phi) is 5.31. The molecule has 2 rings (SSSR count). The molecule has 0 aliphatic rings. The summed E-state index contributed by atoms with van der Waals surface area (Å²) >= 11 is 0. The maximum Gasteiger partial charge on any atom is 0.131 e. The molecule has 21 heavy (non-hydrogen) atoms. The van der Waals surface area contributed by atoms with Crippen LogP contribution in [0.15, 0.2) is 42.5 Å². The van der Waals surface area contributed by atoms with E-state index in [4.69, 9.17) is 9.84 Å². The highest BCUT2D eigenvalue weighted by Gasteiger charge is 2.11. The van der Waals surface area contributed by atoms with E-state index in [-0.39, 0.29) is 18.5 Å². The topological polar surface area (TPSA) is 41.5 Å². The summed E-state index contributed by atoms with van der Waals surface area (Å²) < 4.78 is 19.0. The molecule has 1 atom stereocenters. The molecule has 0 aliphatic carbocycles. The van der Waals surface area contributed by atoms with Crippen LogP contribution in [0.2, 0.25) is 0 Å². The van der Waals surface area contributed by atoms with Crippen LogP contribution in [0, 0.1) is 5.82 Å². The predicted octanol–water partition coefficient (Wildman–Crippen LogP) is 3.18. The Morgan fingerprint density at radius 2 is 1.81 bits per heavy atom. The Hall–Kier alpha value is -1.91. The molecule has 0 aromatic heterocycles. The zero-order chi connectivity index (χ0) is 15.2. The third-order valence-electron chi connectivity index (χ3n) is 3.49. The van der Waals surface area contributed by atoms with Gasteiger partial charge < -0.3 is 15.2 Å². The van der Waals surface area contributed by atoms with E-state index in [0.29, 0.717) is 17.9 Å². The van der Waals surface area contributed by atoms with Crippen molar-refractivity contribution in [3.63, 3.8) is 0 Å². The minimum atomic E-state index is -0.273. The molecule has 0 bridgehead atoms. The number of ether oxygens (including phenoxy) is 1. The van der Waals surface area contributed by atoms with Crippen molar-refractivity contribution in [2.45, 2.75) is 26.1 Å². The summed E-state index contributed by atoms with van der Waals surface area (Å²) in [5.41, 5.74) is 2.59. The van der Waals surface area contributed by atoms with Gasteiger partial charge in [0.25, 0.3) is 0 Å². The lowest BCUT2D eigenvalue weighted by Gasteiger charge is -2.16. The van der Waals surface area contributed by atoms with Crippen LogP contribution in [0.1, 0.15) is 29.7 Å². The van der Waals surface area contributed by atoms with Crippen molar-refractivity contribution in [1.82, 2.24) is 5.32 Å². The third kappa shape index (κ3) is 4.03. The lowest BCUT2D eigenvalue weighted by Crippen LogP contribution is -2.19. The van der Waals surface area contributed by atoms with Gasteiger partial charge in [-0.25, -0.2) is 4.39 Å². The van der Waals surface area contributed by atoms with Crippen molar-refractivity contribution < 1.29 is 14.2 Å². The molecule has 3 nitrogen and oxygen atoms in total. The summed E-state index contributed by atoms with van der Waals surface area (Å²) in [5, 5.41) is 12.3. The Morgan fingerprint density at radius 1 is 1.14 bits per heavy atom. The number of halogens is 1. The number of hydrogen-bond donors (Lipinski definition) is 2. The first-order chi connectivity index (χ1) is 10.1. The van der Waals surface area contributed by atoms with Crippen LogP contribution in [-0.2, 0) is 13.2 Å². The normalized spacial score (nSPS) is 12.2. The van der Waals surface area contributed by atoms with E-state index in [2.05, 4.69) is 5.32 Å². The largest absolute Gasteiger partial charge is 0.497 e. The second-order valence-corrected chi connectivity index (χ2v) is 4.96. The number of rotatable bonds is 6. The van der Waals surface area contributed by atoms with Gasteiger partial charge in [-0.3, -0.25) is 0 Å². The molecule has 2 aromatic rings. The summed E-state index contributed by atoms with van der Waals surface area (Å²) in [6.45, 7) is 2.60. The van der Waals surface area contributed by atoms with E-state index in [0.717, 1.165) is 11.1 Å². The molecule has 0 amide bonds. The summed E-state index contributed by atoms with van der Waals surface area (Å²) in [7, 11) is 1.52. The molecule has 0 radical (unpaired) electrons. The second kappa shape index (κ2) is 7.20. The average molecular weight is 289 g/mol. The number of methoxy groups -OCH3 is 1. The molecule has 4 heteroatoms. The average Bonchev–Trinajstić information content (AvgIpc) is 2.52. The first-order valence-electron chi connectivity index (χ1n) is 6.89. The Morgan fingerprint density at radius 3 is 2.38 bits per heavy atom. The van der Waals surface area contributed by atoms with Gasteiger partial charge >= 0.3 is 0 Å². The molecule has 0 aliphatic heterocycles.